The molecule has 1 fully saturated rings. The van der Waals surface area contributed by atoms with E-state index in [0.29, 0.717) is 24.7 Å². The number of aromatic nitrogens is 1. The number of hydrogen-bond donors (Lipinski definition) is 1. The van der Waals surface area contributed by atoms with Gasteiger partial charge in [0.05, 0.1) is 4.92 Å². The van der Waals surface area contributed by atoms with Gasteiger partial charge in [0.1, 0.15) is 11.9 Å². The predicted octanol–water partition coefficient (Wildman–Crippen LogP) is 1.73. The third kappa shape index (κ3) is 2.59. The minimum atomic E-state index is -0.396. The summed E-state index contributed by atoms with van der Waals surface area (Å²) in [6.45, 7) is 0.744. The van der Waals surface area contributed by atoms with E-state index < -0.39 is 4.92 Å². The van der Waals surface area contributed by atoms with Crippen molar-refractivity contribution < 1.29 is 10.0 Å². The largest absolute Gasteiger partial charge is 0.396 e. The second kappa shape index (κ2) is 5.77. The van der Waals surface area contributed by atoms with Crippen LogP contribution < -0.4 is 4.90 Å². The zero-order valence-corrected chi connectivity index (χ0v) is 10.2. The van der Waals surface area contributed by atoms with Crippen LogP contribution in [0.2, 0.25) is 0 Å². The van der Waals surface area contributed by atoms with Gasteiger partial charge in [-0.3, -0.25) is 15.1 Å². The van der Waals surface area contributed by atoms with Crippen molar-refractivity contribution in [1.82, 2.24) is 4.98 Å². The molecule has 98 valence electrons. The van der Waals surface area contributed by atoms with Crippen molar-refractivity contribution in [3.05, 3.63) is 28.6 Å². The zero-order chi connectivity index (χ0) is 13.0. The molecule has 0 saturated heterocycles. The maximum atomic E-state index is 11.0. The number of nitro groups is 1. The lowest BCUT2D eigenvalue weighted by atomic mass is 9.91. The van der Waals surface area contributed by atoms with Gasteiger partial charge in [-0.05, 0) is 31.7 Å². The minimum absolute atomic E-state index is 0.0438. The van der Waals surface area contributed by atoms with Crippen LogP contribution >= 0.6 is 0 Å². The standard InChI is InChI=1S/C12H17N3O3/c16-8-2-7-14(10-3-1-4-10)11-5-6-13-9-12(11)15(17)18/h5-6,9-10,16H,1-4,7-8H2. The molecule has 0 amide bonds. The molecule has 6 heteroatoms. The summed E-state index contributed by atoms with van der Waals surface area (Å²) in [7, 11) is 0. The van der Waals surface area contributed by atoms with Crippen molar-refractivity contribution in [2.45, 2.75) is 31.7 Å². The smallest absolute Gasteiger partial charge is 0.310 e. The third-order valence-electron chi connectivity index (χ3n) is 3.36. The van der Waals surface area contributed by atoms with Crippen LogP contribution in [0.1, 0.15) is 25.7 Å². The summed E-state index contributed by atoms with van der Waals surface area (Å²) in [6, 6.07) is 2.05. The Kier molecular flexibility index (Phi) is 4.09. The van der Waals surface area contributed by atoms with Crippen molar-refractivity contribution in [2.24, 2.45) is 0 Å². The molecule has 1 aromatic rings. The second-order valence-electron chi connectivity index (χ2n) is 4.48. The topological polar surface area (TPSA) is 79.5 Å². The van der Waals surface area contributed by atoms with Gasteiger partial charge in [-0.2, -0.15) is 0 Å². The maximum absolute atomic E-state index is 11.0. The number of anilines is 1. The number of pyridine rings is 1. The summed E-state index contributed by atoms with van der Waals surface area (Å²) in [5.74, 6) is 0. The summed E-state index contributed by atoms with van der Waals surface area (Å²) < 4.78 is 0. The van der Waals surface area contributed by atoms with Crippen LogP contribution in [-0.2, 0) is 0 Å². The van der Waals surface area contributed by atoms with E-state index in [1.165, 1.54) is 12.6 Å². The van der Waals surface area contributed by atoms with E-state index in [2.05, 4.69) is 4.98 Å². The van der Waals surface area contributed by atoms with Gasteiger partial charge in [0.25, 0.3) is 0 Å². The summed E-state index contributed by atoms with van der Waals surface area (Å²) in [5, 5.41) is 20.0. The van der Waals surface area contributed by atoms with Crippen LogP contribution in [0.5, 0.6) is 0 Å². The quantitative estimate of drug-likeness (QED) is 0.615. The maximum Gasteiger partial charge on any atom is 0.310 e. The fraction of sp³-hybridized carbons (Fsp3) is 0.583. The molecule has 0 aromatic carbocycles. The lowest BCUT2D eigenvalue weighted by molar-refractivity contribution is -0.384. The molecular weight excluding hydrogens is 234 g/mol. The summed E-state index contributed by atoms with van der Waals surface area (Å²) in [5.41, 5.74) is 0.662. The van der Waals surface area contributed by atoms with Crippen LogP contribution in [0.4, 0.5) is 11.4 Å². The molecule has 0 bridgehead atoms. The number of nitrogens with zero attached hydrogens (tertiary/aromatic N) is 3. The van der Waals surface area contributed by atoms with Crippen molar-refractivity contribution in [2.75, 3.05) is 18.1 Å². The Balaban J connectivity index is 2.25. The van der Waals surface area contributed by atoms with E-state index in [1.807, 2.05) is 4.90 Å². The summed E-state index contributed by atoms with van der Waals surface area (Å²) >= 11 is 0. The molecule has 0 spiro atoms. The number of hydrogen-bond acceptors (Lipinski definition) is 5. The summed E-state index contributed by atoms with van der Waals surface area (Å²) in [4.78, 5) is 16.5. The van der Waals surface area contributed by atoms with Crippen LogP contribution in [0.3, 0.4) is 0 Å². The van der Waals surface area contributed by atoms with Gasteiger partial charge < -0.3 is 10.0 Å². The normalized spacial score (nSPS) is 15.2. The molecule has 1 aliphatic carbocycles. The molecule has 0 radical (unpaired) electrons. The highest BCUT2D eigenvalue weighted by Crippen LogP contribution is 2.34. The average molecular weight is 251 g/mol. The molecule has 1 heterocycles. The molecule has 1 aliphatic rings. The van der Waals surface area contributed by atoms with Gasteiger partial charge in [0.15, 0.2) is 0 Å². The van der Waals surface area contributed by atoms with E-state index in [0.717, 1.165) is 12.8 Å². The summed E-state index contributed by atoms with van der Waals surface area (Å²) in [6.07, 6.45) is 6.78. The average Bonchev–Trinajstić information content (AvgIpc) is 2.32. The molecule has 1 saturated carbocycles. The highest BCUT2D eigenvalue weighted by Gasteiger charge is 2.29. The van der Waals surface area contributed by atoms with Crippen LogP contribution in [0, 0.1) is 10.1 Å². The van der Waals surface area contributed by atoms with E-state index in [1.54, 1.807) is 12.3 Å². The van der Waals surface area contributed by atoms with Gasteiger partial charge in [0.2, 0.25) is 0 Å². The SMILES string of the molecule is O=[N+]([O-])c1cnccc1N(CCCO)C1CCC1. The molecule has 1 N–H and O–H groups in total. The van der Waals surface area contributed by atoms with Crippen LogP contribution in [-0.4, -0.2) is 34.2 Å². The van der Waals surface area contributed by atoms with E-state index in [4.69, 9.17) is 5.11 Å². The fourth-order valence-corrected chi connectivity index (χ4v) is 2.20. The molecule has 0 aliphatic heterocycles. The van der Waals surface area contributed by atoms with Crippen molar-refractivity contribution in [3.63, 3.8) is 0 Å². The Bertz CT molecular complexity index is 421. The molecule has 1 aromatic heterocycles. The first-order chi connectivity index (χ1) is 8.74. The van der Waals surface area contributed by atoms with Crippen molar-refractivity contribution in [1.29, 1.82) is 0 Å². The molecule has 18 heavy (non-hydrogen) atoms. The van der Waals surface area contributed by atoms with Crippen molar-refractivity contribution in [3.8, 4) is 0 Å². The Morgan fingerprint density at radius 2 is 2.33 bits per heavy atom. The Morgan fingerprint density at radius 1 is 1.56 bits per heavy atom. The van der Waals surface area contributed by atoms with Gasteiger partial charge in [-0.15, -0.1) is 0 Å². The second-order valence-corrected chi connectivity index (χ2v) is 4.48. The highest BCUT2D eigenvalue weighted by atomic mass is 16.6. The molecule has 0 unspecified atom stereocenters. The van der Waals surface area contributed by atoms with Gasteiger partial charge in [0, 0.05) is 25.4 Å². The Morgan fingerprint density at radius 3 is 2.89 bits per heavy atom. The Labute approximate surface area is 105 Å². The first kappa shape index (κ1) is 12.8. The number of rotatable bonds is 6. The first-order valence-electron chi connectivity index (χ1n) is 6.20. The van der Waals surface area contributed by atoms with Crippen LogP contribution in [0.15, 0.2) is 18.5 Å². The number of aliphatic hydroxyl groups excluding tert-OH is 1. The van der Waals surface area contributed by atoms with Crippen LogP contribution in [0.25, 0.3) is 0 Å². The van der Waals surface area contributed by atoms with Crippen molar-refractivity contribution >= 4 is 11.4 Å². The Hall–Kier alpha value is -1.69. The first-order valence-corrected chi connectivity index (χ1v) is 6.20. The highest BCUT2D eigenvalue weighted by molar-refractivity contribution is 5.62. The monoisotopic (exact) mass is 251 g/mol. The molecule has 6 nitrogen and oxygen atoms in total. The van der Waals surface area contributed by atoms with Gasteiger partial charge in [-0.25, -0.2) is 0 Å². The lowest BCUT2D eigenvalue weighted by Gasteiger charge is -2.38. The minimum Gasteiger partial charge on any atom is -0.396 e. The molecular formula is C12H17N3O3. The predicted molar refractivity (Wildman–Crippen MR) is 67.6 cm³/mol. The zero-order valence-electron chi connectivity index (χ0n) is 10.2. The lowest BCUT2D eigenvalue weighted by Crippen LogP contribution is -2.41. The fourth-order valence-electron chi connectivity index (χ4n) is 2.20. The van der Waals surface area contributed by atoms with E-state index in [9.17, 15) is 10.1 Å². The van der Waals surface area contributed by atoms with E-state index in [-0.39, 0.29) is 12.3 Å². The van der Waals surface area contributed by atoms with Gasteiger partial charge in [-0.1, -0.05) is 0 Å². The van der Waals surface area contributed by atoms with E-state index >= 15 is 0 Å². The molecule has 2 rings (SSSR count). The third-order valence-corrected chi connectivity index (χ3v) is 3.36. The number of aliphatic hydroxyl groups is 1. The molecule has 0 atom stereocenters. The van der Waals surface area contributed by atoms with Gasteiger partial charge >= 0.3 is 5.69 Å².